The molecule has 1 amide bonds. The number of non-ortho nitro benzene ring substituents is 1. The van der Waals surface area contributed by atoms with Gasteiger partial charge in [-0.1, -0.05) is 30.3 Å². The monoisotopic (exact) mass is 386 g/mol. The smallest absolute Gasteiger partial charge is 0.408 e. The van der Waals surface area contributed by atoms with Gasteiger partial charge in [0.2, 0.25) is 0 Å². The van der Waals surface area contributed by atoms with Crippen molar-refractivity contribution in [1.29, 1.82) is 0 Å². The first kappa shape index (κ1) is 21.2. The summed E-state index contributed by atoms with van der Waals surface area (Å²) in [5.74, 6) is 0.454. The molecule has 2 aromatic carbocycles. The molecular formula is C21H26N2O5. The van der Waals surface area contributed by atoms with E-state index in [1.54, 1.807) is 40.7 Å². The Bertz CT molecular complexity index is 842. The van der Waals surface area contributed by atoms with Crippen LogP contribution in [0, 0.1) is 10.1 Å². The molecule has 0 fully saturated rings. The Labute approximate surface area is 164 Å². The van der Waals surface area contributed by atoms with Crippen molar-refractivity contribution < 1.29 is 19.2 Å². The van der Waals surface area contributed by atoms with Gasteiger partial charge in [0.15, 0.2) is 0 Å². The number of nitro groups is 1. The Kier molecular flexibility index (Phi) is 6.28. The highest BCUT2D eigenvalue weighted by atomic mass is 16.6. The van der Waals surface area contributed by atoms with Crippen molar-refractivity contribution in [2.75, 3.05) is 0 Å². The second kappa shape index (κ2) is 8.29. The van der Waals surface area contributed by atoms with E-state index < -0.39 is 22.2 Å². The van der Waals surface area contributed by atoms with Crippen molar-refractivity contribution >= 4 is 11.8 Å². The van der Waals surface area contributed by atoms with Crippen LogP contribution in [0.5, 0.6) is 5.75 Å². The molecule has 0 unspecified atom stereocenters. The average Bonchev–Trinajstić information content (AvgIpc) is 2.58. The highest BCUT2D eigenvalue weighted by Crippen LogP contribution is 2.34. The fraction of sp³-hybridized carbons (Fsp3) is 0.381. The van der Waals surface area contributed by atoms with Crippen molar-refractivity contribution in [3.05, 3.63) is 69.8 Å². The van der Waals surface area contributed by atoms with Crippen LogP contribution in [0.3, 0.4) is 0 Å². The highest BCUT2D eigenvalue weighted by molar-refractivity contribution is 5.69. The predicted molar refractivity (Wildman–Crippen MR) is 106 cm³/mol. The molecule has 0 spiro atoms. The summed E-state index contributed by atoms with van der Waals surface area (Å²) in [5, 5.41) is 14.0. The number of nitrogens with zero attached hydrogens (tertiary/aromatic N) is 1. The van der Waals surface area contributed by atoms with Crippen LogP contribution in [-0.4, -0.2) is 16.6 Å². The summed E-state index contributed by atoms with van der Waals surface area (Å²) in [6.07, 6.45) is -0.613. The molecular weight excluding hydrogens is 360 g/mol. The lowest BCUT2D eigenvalue weighted by Gasteiger charge is -2.30. The summed E-state index contributed by atoms with van der Waals surface area (Å²) in [6, 6.07) is 13.9. The third-order valence-electron chi connectivity index (χ3n) is 3.90. The second-order valence-electron chi connectivity index (χ2n) is 7.96. The molecule has 7 nitrogen and oxygen atoms in total. The molecule has 0 aliphatic rings. The molecule has 7 heteroatoms. The van der Waals surface area contributed by atoms with Crippen LogP contribution in [0.15, 0.2) is 48.5 Å². The summed E-state index contributed by atoms with van der Waals surface area (Å²) < 4.78 is 11.2. The first-order valence-corrected chi connectivity index (χ1v) is 8.95. The van der Waals surface area contributed by atoms with Crippen molar-refractivity contribution in [2.45, 2.75) is 52.4 Å². The number of hydrogen-bond acceptors (Lipinski definition) is 5. The predicted octanol–water partition coefficient (Wildman–Crippen LogP) is 4.93. The van der Waals surface area contributed by atoms with Crippen LogP contribution in [-0.2, 0) is 16.9 Å². The third kappa shape index (κ3) is 5.97. The van der Waals surface area contributed by atoms with Gasteiger partial charge in [-0.15, -0.1) is 0 Å². The summed E-state index contributed by atoms with van der Waals surface area (Å²) >= 11 is 0. The molecule has 0 saturated heterocycles. The number of benzene rings is 2. The number of alkyl carbamates (subject to hydrolysis) is 1. The maximum Gasteiger partial charge on any atom is 0.408 e. The summed E-state index contributed by atoms with van der Waals surface area (Å²) in [6.45, 7) is 9.08. The number of nitrogens with one attached hydrogen (secondary N) is 1. The van der Waals surface area contributed by atoms with Crippen LogP contribution in [0.2, 0.25) is 0 Å². The Balaban J connectivity index is 2.31. The quantitative estimate of drug-likeness (QED) is 0.561. The molecule has 0 atom stereocenters. The molecule has 0 aliphatic heterocycles. The van der Waals surface area contributed by atoms with E-state index in [9.17, 15) is 14.9 Å². The van der Waals surface area contributed by atoms with Gasteiger partial charge < -0.3 is 14.8 Å². The first-order chi connectivity index (χ1) is 13.0. The van der Waals surface area contributed by atoms with Gasteiger partial charge in [0.25, 0.3) is 5.69 Å². The zero-order valence-electron chi connectivity index (χ0n) is 16.8. The number of amides is 1. The highest BCUT2D eigenvalue weighted by Gasteiger charge is 2.30. The topological polar surface area (TPSA) is 90.7 Å². The van der Waals surface area contributed by atoms with E-state index in [-0.39, 0.29) is 5.69 Å². The molecule has 2 rings (SSSR count). The minimum absolute atomic E-state index is 0.0823. The normalized spacial score (nSPS) is 11.6. The molecule has 0 radical (unpaired) electrons. The number of hydrogen-bond donors (Lipinski definition) is 1. The Morgan fingerprint density at radius 1 is 1.07 bits per heavy atom. The van der Waals surface area contributed by atoms with Crippen molar-refractivity contribution in [1.82, 2.24) is 5.32 Å². The van der Waals surface area contributed by atoms with Crippen LogP contribution in [0.1, 0.15) is 45.7 Å². The maximum atomic E-state index is 12.2. The Morgan fingerprint density at radius 3 is 2.29 bits per heavy atom. The molecule has 150 valence electrons. The standard InChI is InChI=1S/C21H26N2O5/c1-20(2,3)28-19(24)22-21(4,5)17-13-16(23(25)26)11-12-18(17)27-14-15-9-7-6-8-10-15/h6-13H,14H2,1-5H3,(H,22,24). The van der Waals surface area contributed by atoms with Gasteiger partial charge in [-0.25, -0.2) is 4.79 Å². The lowest BCUT2D eigenvalue weighted by Crippen LogP contribution is -2.44. The van der Waals surface area contributed by atoms with Gasteiger partial charge in [0, 0.05) is 17.7 Å². The Hall–Kier alpha value is -3.09. The molecule has 0 aromatic heterocycles. The van der Waals surface area contributed by atoms with Gasteiger partial charge >= 0.3 is 6.09 Å². The summed E-state index contributed by atoms with van der Waals surface area (Å²) in [7, 11) is 0. The number of ether oxygens (including phenoxy) is 2. The third-order valence-corrected chi connectivity index (χ3v) is 3.90. The molecule has 0 aliphatic carbocycles. The van der Waals surface area contributed by atoms with E-state index in [2.05, 4.69) is 5.32 Å². The van der Waals surface area contributed by atoms with E-state index in [1.165, 1.54) is 12.1 Å². The number of carbonyl (C=O) groups excluding carboxylic acids is 1. The van der Waals surface area contributed by atoms with Crippen LogP contribution < -0.4 is 10.1 Å². The lowest BCUT2D eigenvalue weighted by atomic mass is 9.93. The fourth-order valence-corrected chi connectivity index (χ4v) is 2.61. The lowest BCUT2D eigenvalue weighted by molar-refractivity contribution is -0.385. The van der Waals surface area contributed by atoms with E-state index in [4.69, 9.17) is 9.47 Å². The zero-order valence-corrected chi connectivity index (χ0v) is 16.8. The van der Waals surface area contributed by atoms with Crippen LogP contribution in [0.4, 0.5) is 10.5 Å². The minimum atomic E-state index is -0.958. The average molecular weight is 386 g/mol. The SMILES string of the molecule is CC(C)(C)OC(=O)NC(C)(C)c1cc([N+](=O)[O-])ccc1OCc1ccccc1. The van der Waals surface area contributed by atoms with Gasteiger partial charge in [-0.05, 0) is 46.2 Å². The Morgan fingerprint density at radius 2 is 1.71 bits per heavy atom. The number of nitro benzene ring substituents is 1. The minimum Gasteiger partial charge on any atom is -0.489 e. The van der Waals surface area contributed by atoms with Crippen molar-refractivity contribution in [3.8, 4) is 5.75 Å². The molecule has 28 heavy (non-hydrogen) atoms. The second-order valence-corrected chi connectivity index (χ2v) is 7.96. The molecule has 2 aromatic rings. The van der Waals surface area contributed by atoms with E-state index in [1.807, 2.05) is 30.3 Å². The summed E-state index contributed by atoms with van der Waals surface area (Å²) in [4.78, 5) is 23.0. The van der Waals surface area contributed by atoms with Gasteiger partial charge in [0.1, 0.15) is 18.0 Å². The van der Waals surface area contributed by atoms with Crippen molar-refractivity contribution in [2.24, 2.45) is 0 Å². The fourth-order valence-electron chi connectivity index (χ4n) is 2.61. The molecule has 0 saturated carbocycles. The largest absolute Gasteiger partial charge is 0.489 e. The zero-order chi connectivity index (χ0) is 20.9. The van der Waals surface area contributed by atoms with E-state index in [0.717, 1.165) is 5.56 Å². The molecule has 1 N–H and O–H groups in total. The van der Waals surface area contributed by atoms with E-state index >= 15 is 0 Å². The van der Waals surface area contributed by atoms with E-state index in [0.29, 0.717) is 17.9 Å². The molecule has 0 heterocycles. The van der Waals surface area contributed by atoms with Crippen LogP contribution in [0.25, 0.3) is 0 Å². The molecule has 0 bridgehead atoms. The first-order valence-electron chi connectivity index (χ1n) is 8.95. The van der Waals surface area contributed by atoms with Gasteiger partial charge in [0.05, 0.1) is 10.5 Å². The number of carbonyl (C=O) groups is 1. The summed E-state index contributed by atoms with van der Waals surface area (Å²) in [5.41, 5.74) is -0.245. The van der Waals surface area contributed by atoms with Crippen LogP contribution >= 0.6 is 0 Å². The van der Waals surface area contributed by atoms with Gasteiger partial charge in [-0.3, -0.25) is 10.1 Å². The maximum absolute atomic E-state index is 12.2. The number of rotatable bonds is 6. The van der Waals surface area contributed by atoms with Gasteiger partial charge in [-0.2, -0.15) is 0 Å². The van der Waals surface area contributed by atoms with Crippen molar-refractivity contribution in [3.63, 3.8) is 0 Å².